The zero-order valence-corrected chi connectivity index (χ0v) is 12.3. The third-order valence-corrected chi connectivity index (χ3v) is 4.51. The van der Waals surface area contributed by atoms with Crippen LogP contribution in [0.4, 0.5) is 0 Å². The Balaban J connectivity index is 2.40. The summed E-state index contributed by atoms with van der Waals surface area (Å²) in [5, 5.41) is 0.199. The Morgan fingerprint density at radius 1 is 0.842 bits per heavy atom. The van der Waals surface area contributed by atoms with Crippen molar-refractivity contribution in [2.24, 2.45) is 5.92 Å². The van der Waals surface area contributed by atoms with Crippen molar-refractivity contribution in [1.29, 1.82) is 0 Å². The summed E-state index contributed by atoms with van der Waals surface area (Å²) in [7, 11) is 0. The van der Waals surface area contributed by atoms with E-state index in [1.54, 1.807) is 0 Å². The van der Waals surface area contributed by atoms with Crippen LogP contribution in [0.5, 0.6) is 0 Å². The van der Waals surface area contributed by atoms with E-state index >= 15 is 0 Å². The molecule has 0 aliphatic rings. The average Bonchev–Trinajstić information content (AvgIpc) is 2.49. The summed E-state index contributed by atoms with van der Waals surface area (Å²) in [5.41, 5.74) is 2.70. The van der Waals surface area contributed by atoms with E-state index in [0.717, 1.165) is 6.42 Å². The van der Waals surface area contributed by atoms with Gasteiger partial charge in [0.2, 0.25) is 0 Å². The van der Waals surface area contributed by atoms with Crippen molar-refractivity contribution >= 4 is 11.6 Å². The number of alkyl halides is 1. The van der Waals surface area contributed by atoms with Crippen LogP contribution in [0, 0.1) is 5.92 Å². The smallest absolute Gasteiger partial charge is 0.0368 e. The summed E-state index contributed by atoms with van der Waals surface area (Å²) < 4.78 is 0. The first-order valence-electron chi connectivity index (χ1n) is 6.98. The lowest BCUT2D eigenvalue weighted by atomic mass is 9.79. The normalized spacial score (nSPS) is 14.3. The minimum Gasteiger partial charge on any atom is -0.123 e. The summed E-state index contributed by atoms with van der Waals surface area (Å²) in [4.78, 5) is 0. The molecule has 2 rings (SSSR count). The van der Waals surface area contributed by atoms with Gasteiger partial charge in [-0.1, -0.05) is 74.5 Å². The molecule has 0 N–H and O–H groups in total. The minimum absolute atomic E-state index is 0.199. The maximum Gasteiger partial charge on any atom is 0.0368 e. The second-order valence-corrected chi connectivity index (χ2v) is 5.64. The van der Waals surface area contributed by atoms with E-state index in [0.29, 0.717) is 11.8 Å². The maximum atomic E-state index is 6.51. The van der Waals surface area contributed by atoms with Gasteiger partial charge in [0.1, 0.15) is 0 Å². The number of halogens is 1. The molecule has 0 nitrogen and oxygen atoms in total. The molecule has 19 heavy (non-hydrogen) atoms. The van der Waals surface area contributed by atoms with E-state index in [1.807, 2.05) is 0 Å². The van der Waals surface area contributed by atoms with Crippen LogP contribution in [-0.4, -0.2) is 5.38 Å². The van der Waals surface area contributed by atoms with Gasteiger partial charge in [0.15, 0.2) is 0 Å². The van der Waals surface area contributed by atoms with Crippen molar-refractivity contribution in [3.63, 3.8) is 0 Å². The number of hydrogen-bond donors (Lipinski definition) is 0. The molecule has 0 radical (unpaired) electrons. The summed E-state index contributed by atoms with van der Waals surface area (Å²) in [5.74, 6) is 0.779. The number of rotatable bonds is 5. The minimum atomic E-state index is 0.199. The Morgan fingerprint density at radius 2 is 1.26 bits per heavy atom. The molecule has 0 saturated carbocycles. The zero-order valence-electron chi connectivity index (χ0n) is 11.6. The van der Waals surface area contributed by atoms with Crippen LogP contribution in [0.15, 0.2) is 60.7 Å². The molecule has 2 aromatic carbocycles. The Labute approximate surface area is 121 Å². The molecule has 0 saturated heterocycles. The number of benzene rings is 2. The van der Waals surface area contributed by atoms with Crippen molar-refractivity contribution in [3.05, 3.63) is 71.8 Å². The average molecular weight is 273 g/mol. The quantitative estimate of drug-likeness (QED) is 0.633. The SMILES string of the molecule is CCC(Cl)C(C)C(c1ccccc1)c1ccccc1. The summed E-state index contributed by atoms with van der Waals surface area (Å²) in [6, 6.07) is 21.4. The van der Waals surface area contributed by atoms with Crippen LogP contribution >= 0.6 is 11.6 Å². The molecule has 0 aliphatic heterocycles. The van der Waals surface area contributed by atoms with Gasteiger partial charge in [-0.15, -0.1) is 11.6 Å². The molecule has 0 aromatic heterocycles. The van der Waals surface area contributed by atoms with Crippen molar-refractivity contribution < 1.29 is 0 Å². The lowest BCUT2D eigenvalue weighted by molar-refractivity contribution is 0.476. The molecular formula is C18H21Cl. The molecule has 0 fully saturated rings. The highest BCUT2D eigenvalue weighted by molar-refractivity contribution is 6.20. The lowest BCUT2D eigenvalue weighted by Crippen LogP contribution is -2.20. The third kappa shape index (κ3) is 3.39. The molecule has 1 heteroatoms. The largest absolute Gasteiger partial charge is 0.123 e. The predicted molar refractivity (Wildman–Crippen MR) is 83.8 cm³/mol. The predicted octanol–water partition coefficient (Wildman–Crippen LogP) is 5.47. The van der Waals surface area contributed by atoms with Gasteiger partial charge in [-0.25, -0.2) is 0 Å². The van der Waals surface area contributed by atoms with Crippen LogP contribution in [0.2, 0.25) is 0 Å². The van der Waals surface area contributed by atoms with Crippen LogP contribution in [0.25, 0.3) is 0 Å². The molecule has 0 heterocycles. The van der Waals surface area contributed by atoms with Gasteiger partial charge in [0.05, 0.1) is 0 Å². The summed E-state index contributed by atoms with van der Waals surface area (Å²) >= 11 is 6.51. The van der Waals surface area contributed by atoms with Gasteiger partial charge in [-0.2, -0.15) is 0 Å². The fraction of sp³-hybridized carbons (Fsp3) is 0.333. The van der Waals surface area contributed by atoms with E-state index in [4.69, 9.17) is 11.6 Å². The van der Waals surface area contributed by atoms with E-state index in [1.165, 1.54) is 11.1 Å². The first-order valence-corrected chi connectivity index (χ1v) is 7.41. The van der Waals surface area contributed by atoms with E-state index in [9.17, 15) is 0 Å². The molecule has 2 unspecified atom stereocenters. The zero-order chi connectivity index (χ0) is 13.7. The molecule has 0 amide bonds. The van der Waals surface area contributed by atoms with E-state index < -0.39 is 0 Å². The Kier molecular flexibility index (Phi) is 5.04. The summed E-state index contributed by atoms with van der Waals surface area (Å²) in [6.45, 7) is 4.41. The van der Waals surface area contributed by atoms with Crippen LogP contribution < -0.4 is 0 Å². The van der Waals surface area contributed by atoms with Crippen molar-refractivity contribution in [2.45, 2.75) is 31.6 Å². The van der Waals surface area contributed by atoms with Gasteiger partial charge >= 0.3 is 0 Å². The van der Waals surface area contributed by atoms with Crippen LogP contribution in [-0.2, 0) is 0 Å². The van der Waals surface area contributed by atoms with Crippen molar-refractivity contribution in [1.82, 2.24) is 0 Å². The van der Waals surface area contributed by atoms with Crippen LogP contribution in [0.1, 0.15) is 37.3 Å². The Hall–Kier alpha value is -1.27. The van der Waals surface area contributed by atoms with Crippen molar-refractivity contribution in [2.75, 3.05) is 0 Å². The molecule has 2 aromatic rings. The van der Waals surface area contributed by atoms with Crippen molar-refractivity contribution in [3.8, 4) is 0 Å². The first-order chi connectivity index (χ1) is 9.24. The highest BCUT2D eigenvalue weighted by Crippen LogP contribution is 2.36. The van der Waals surface area contributed by atoms with Gasteiger partial charge in [0.25, 0.3) is 0 Å². The summed E-state index contributed by atoms with van der Waals surface area (Å²) in [6.07, 6.45) is 0.999. The second kappa shape index (κ2) is 6.77. The molecule has 0 spiro atoms. The highest BCUT2D eigenvalue weighted by Gasteiger charge is 2.25. The maximum absolute atomic E-state index is 6.51. The first kappa shape index (κ1) is 14.1. The number of hydrogen-bond acceptors (Lipinski definition) is 0. The van der Waals surface area contributed by atoms with Gasteiger partial charge < -0.3 is 0 Å². The fourth-order valence-corrected chi connectivity index (χ4v) is 2.85. The van der Waals surface area contributed by atoms with E-state index in [2.05, 4.69) is 74.5 Å². The van der Waals surface area contributed by atoms with Crippen LogP contribution in [0.3, 0.4) is 0 Å². The molecule has 0 bridgehead atoms. The topological polar surface area (TPSA) is 0 Å². The van der Waals surface area contributed by atoms with Gasteiger partial charge in [0, 0.05) is 11.3 Å². The Bertz CT molecular complexity index is 438. The van der Waals surface area contributed by atoms with E-state index in [-0.39, 0.29) is 5.38 Å². The molecule has 0 aliphatic carbocycles. The van der Waals surface area contributed by atoms with Gasteiger partial charge in [-0.05, 0) is 23.5 Å². The Morgan fingerprint density at radius 3 is 1.63 bits per heavy atom. The second-order valence-electron chi connectivity index (χ2n) is 5.08. The highest BCUT2D eigenvalue weighted by atomic mass is 35.5. The molecular weight excluding hydrogens is 252 g/mol. The standard InChI is InChI=1S/C18H21Cl/c1-3-17(19)14(2)18(15-10-6-4-7-11-15)16-12-8-5-9-13-16/h4-14,17-18H,3H2,1-2H3. The van der Waals surface area contributed by atoms with Gasteiger partial charge in [-0.3, -0.25) is 0 Å². The molecule has 100 valence electrons. The molecule has 2 atom stereocenters. The monoisotopic (exact) mass is 272 g/mol. The fourth-order valence-electron chi connectivity index (χ4n) is 2.70. The lowest BCUT2D eigenvalue weighted by Gasteiger charge is -2.28. The third-order valence-electron chi connectivity index (χ3n) is 3.80.